The molecule has 4 rings (SSSR count). The molecule has 0 bridgehead atoms. The monoisotopic (exact) mass is 671 g/mol. The fourth-order valence-electron chi connectivity index (χ4n) is 5.47. The van der Waals surface area contributed by atoms with Gasteiger partial charge in [0.25, 0.3) is 10.0 Å². The summed E-state index contributed by atoms with van der Waals surface area (Å²) in [4.78, 5) is 29.1. The standard InChI is InChI=1S/C34H42ClN3O7S/c1-5-45-28-17-15-27(16-18-28)38(46(41,42)29-19-20-31(43-3)32(21-29)44-4)23-33(39)37(22-25-11-9-10-14-30(25)35)24(2)34(40)36-26-12-7-6-8-13-26/h9-11,14-21,24,26H,5-8,12-13,22-23H2,1-4H3,(H,36,40)/t24-/m0/s1. The van der Waals surface area contributed by atoms with Gasteiger partial charge in [0.05, 0.1) is 31.4 Å². The predicted molar refractivity (Wildman–Crippen MR) is 178 cm³/mol. The van der Waals surface area contributed by atoms with E-state index in [0.717, 1.165) is 36.4 Å². The molecule has 1 saturated carbocycles. The molecule has 0 radical (unpaired) electrons. The zero-order chi connectivity index (χ0) is 33.3. The third kappa shape index (κ3) is 8.44. The second-order valence-corrected chi connectivity index (χ2v) is 13.4. The summed E-state index contributed by atoms with van der Waals surface area (Å²) in [7, 11) is -1.47. The lowest BCUT2D eigenvalue weighted by Gasteiger charge is -2.33. The molecule has 46 heavy (non-hydrogen) atoms. The molecule has 12 heteroatoms. The van der Waals surface area contributed by atoms with Crippen LogP contribution >= 0.6 is 11.6 Å². The molecule has 3 aromatic rings. The van der Waals surface area contributed by atoms with E-state index < -0.39 is 28.5 Å². The lowest BCUT2D eigenvalue weighted by Crippen LogP contribution is -2.53. The Bertz CT molecular complexity index is 1590. The maximum absolute atomic E-state index is 14.3. The Morgan fingerprint density at radius 2 is 1.63 bits per heavy atom. The zero-order valence-electron chi connectivity index (χ0n) is 26.7. The normalized spacial score (nSPS) is 14.2. The minimum atomic E-state index is -4.33. The highest BCUT2D eigenvalue weighted by Gasteiger charge is 2.34. The number of carbonyl (C=O) groups is 2. The van der Waals surface area contributed by atoms with E-state index in [9.17, 15) is 18.0 Å². The third-order valence-electron chi connectivity index (χ3n) is 8.07. The van der Waals surface area contributed by atoms with Gasteiger partial charge in [-0.3, -0.25) is 13.9 Å². The number of amides is 2. The summed E-state index contributed by atoms with van der Waals surface area (Å²) in [6, 6.07) is 16.9. The molecule has 1 fully saturated rings. The van der Waals surface area contributed by atoms with Crippen molar-refractivity contribution in [3.05, 3.63) is 77.3 Å². The number of carbonyl (C=O) groups excluding carboxylic acids is 2. The first-order chi connectivity index (χ1) is 22.1. The van der Waals surface area contributed by atoms with E-state index in [1.807, 2.05) is 6.92 Å². The van der Waals surface area contributed by atoms with Crippen LogP contribution in [0, 0.1) is 0 Å². The van der Waals surface area contributed by atoms with Gasteiger partial charge < -0.3 is 24.4 Å². The number of methoxy groups -OCH3 is 2. The van der Waals surface area contributed by atoms with Crippen molar-refractivity contribution >= 4 is 39.1 Å². The Hall–Kier alpha value is -3.96. The molecular weight excluding hydrogens is 630 g/mol. The third-order valence-corrected chi connectivity index (χ3v) is 10.2. The molecule has 0 aromatic heterocycles. The van der Waals surface area contributed by atoms with Crippen LogP contribution in [0.15, 0.2) is 71.6 Å². The number of nitrogens with zero attached hydrogens (tertiary/aromatic N) is 2. The first-order valence-electron chi connectivity index (χ1n) is 15.4. The van der Waals surface area contributed by atoms with E-state index in [4.69, 9.17) is 25.8 Å². The quantitative estimate of drug-likeness (QED) is 0.230. The fourth-order valence-corrected chi connectivity index (χ4v) is 7.10. The maximum atomic E-state index is 14.3. The highest BCUT2D eigenvalue weighted by molar-refractivity contribution is 7.92. The van der Waals surface area contributed by atoms with E-state index in [-0.39, 0.29) is 34.8 Å². The summed E-state index contributed by atoms with van der Waals surface area (Å²) in [6.07, 6.45) is 4.96. The minimum Gasteiger partial charge on any atom is -0.494 e. The van der Waals surface area contributed by atoms with Crippen LogP contribution in [-0.4, -0.2) is 64.6 Å². The second kappa shape index (κ2) is 16.0. The molecule has 0 aliphatic heterocycles. The van der Waals surface area contributed by atoms with Crippen LogP contribution in [0.4, 0.5) is 5.69 Å². The largest absolute Gasteiger partial charge is 0.494 e. The lowest BCUT2D eigenvalue weighted by molar-refractivity contribution is -0.139. The van der Waals surface area contributed by atoms with Gasteiger partial charge >= 0.3 is 0 Å². The number of anilines is 1. The van der Waals surface area contributed by atoms with E-state index in [2.05, 4.69) is 5.32 Å². The number of ether oxygens (including phenoxy) is 3. The molecule has 0 heterocycles. The summed E-state index contributed by atoms with van der Waals surface area (Å²) in [5.74, 6) is 0.241. The van der Waals surface area contributed by atoms with Crippen LogP contribution < -0.4 is 23.8 Å². The average Bonchev–Trinajstić information content (AvgIpc) is 3.07. The molecule has 10 nitrogen and oxygen atoms in total. The molecule has 0 spiro atoms. The number of rotatable bonds is 14. The Morgan fingerprint density at radius 3 is 2.26 bits per heavy atom. The van der Waals surface area contributed by atoms with Crippen molar-refractivity contribution in [3.8, 4) is 17.2 Å². The number of sulfonamides is 1. The molecule has 1 aliphatic carbocycles. The van der Waals surface area contributed by atoms with Crippen LogP contribution in [0.3, 0.4) is 0 Å². The maximum Gasteiger partial charge on any atom is 0.264 e. The van der Waals surface area contributed by atoms with Gasteiger partial charge in [-0.15, -0.1) is 0 Å². The predicted octanol–water partition coefficient (Wildman–Crippen LogP) is 5.82. The highest BCUT2D eigenvalue weighted by Crippen LogP contribution is 2.33. The Morgan fingerprint density at radius 1 is 0.957 bits per heavy atom. The molecule has 1 atom stereocenters. The first kappa shape index (κ1) is 34.9. The number of nitrogens with one attached hydrogen (secondary N) is 1. The van der Waals surface area contributed by atoms with E-state index in [1.54, 1.807) is 55.5 Å². The van der Waals surface area contributed by atoms with E-state index in [1.165, 1.54) is 37.3 Å². The highest BCUT2D eigenvalue weighted by atomic mass is 35.5. The molecule has 0 saturated heterocycles. The van der Waals surface area contributed by atoms with Gasteiger partial charge in [0.15, 0.2) is 11.5 Å². The summed E-state index contributed by atoms with van der Waals surface area (Å²) in [5.41, 5.74) is 0.869. The first-order valence-corrected chi connectivity index (χ1v) is 17.2. The molecule has 0 unspecified atom stereocenters. The number of hydrogen-bond acceptors (Lipinski definition) is 7. The molecule has 2 amide bonds. The lowest BCUT2D eigenvalue weighted by atomic mass is 9.95. The van der Waals surface area contributed by atoms with Crippen LogP contribution in [0.5, 0.6) is 17.2 Å². The molecule has 248 valence electrons. The molecule has 1 N–H and O–H groups in total. The summed E-state index contributed by atoms with van der Waals surface area (Å²) < 4.78 is 45.8. The van der Waals surface area contributed by atoms with Gasteiger partial charge in [0.1, 0.15) is 18.3 Å². The van der Waals surface area contributed by atoms with Crippen molar-refractivity contribution in [1.29, 1.82) is 0 Å². The van der Waals surface area contributed by atoms with Gasteiger partial charge in [-0.1, -0.05) is 49.1 Å². The number of benzene rings is 3. The van der Waals surface area contributed by atoms with Crippen molar-refractivity contribution < 1.29 is 32.2 Å². The summed E-state index contributed by atoms with van der Waals surface area (Å²) >= 11 is 6.48. The van der Waals surface area contributed by atoms with Gasteiger partial charge in [0, 0.05) is 23.7 Å². The van der Waals surface area contributed by atoms with Gasteiger partial charge in [0.2, 0.25) is 11.8 Å². The van der Waals surface area contributed by atoms with Gasteiger partial charge in [-0.05, 0) is 74.7 Å². The number of halogens is 1. The van der Waals surface area contributed by atoms with Crippen molar-refractivity contribution in [3.63, 3.8) is 0 Å². The summed E-state index contributed by atoms with van der Waals surface area (Å²) in [6.45, 7) is 3.35. The van der Waals surface area contributed by atoms with Gasteiger partial charge in [-0.2, -0.15) is 0 Å². The number of hydrogen-bond donors (Lipinski definition) is 1. The summed E-state index contributed by atoms with van der Waals surface area (Å²) in [5, 5.41) is 3.53. The molecule has 1 aliphatic rings. The van der Waals surface area contributed by atoms with Crippen LogP contribution in [-0.2, 0) is 26.2 Å². The van der Waals surface area contributed by atoms with Gasteiger partial charge in [-0.25, -0.2) is 8.42 Å². The average molecular weight is 672 g/mol. The second-order valence-electron chi connectivity index (χ2n) is 11.1. The van der Waals surface area contributed by atoms with Crippen LogP contribution in [0.25, 0.3) is 0 Å². The molecule has 3 aromatic carbocycles. The van der Waals surface area contributed by atoms with Crippen LogP contribution in [0.2, 0.25) is 5.02 Å². The van der Waals surface area contributed by atoms with E-state index in [0.29, 0.717) is 28.7 Å². The van der Waals surface area contributed by atoms with E-state index >= 15 is 0 Å². The minimum absolute atomic E-state index is 0.00524. The Balaban J connectivity index is 1.72. The van der Waals surface area contributed by atoms with Crippen molar-refractivity contribution in [2.75, 3.05) is 31.7 Å². The Kier molecular flexibility index (Phi) is 12.2. The molecular formula is C34H42ClN3O7S. The van der Waals surface area contributed by atoms with Crippen molar-refractivity contribution in [2.24, 2.45) is 0 Å². The fraction of sp³-hybridized carbons (Fsp3) is 0.412. The smallest absolute Gasteiger partial charge is 0.264 e. The topological polar surface area (TPSA) is 114 Å². The van der Waals surface area contributed by atoms with Crippen LogP contribution in [0.1, 0.15) is 51.5 Å². The SMILES string of the molecule is CCOc1ccc(N(CC(=O)N(Cc2ccccc2Cl)[C@@H](C)C(=O)NC2CCCCC2)S(=O)(=O)c2ccc(OC)c(OC)c2)cc1. The Labute approximate surface area is 276 Å². The van der Waals surface area contributed by atoms with Crippen molar-refractivity contribution in [1.82, 2.24) is 10.2 Å². The van der Waals surface area contributed by atoms with Crippen molar-refractivity contribution in [2.45, 2.75) is 69.5 Å². The zero-order valence-corrected chi connectivity index (χ0v) is 28.3.